The molecular weight excluding hydrogens is 464 g/mol. The van der Waals surface area contributed by atoms with Crippen LogP contribution in [0.25, 0.3) is 11.2 Å². The van der Waals surface area contributed by atoms with Gasteiger partial charge in [-0.3, -0.25) is 4.79 Å². The molecule has 35 heavy (non-hydrogen) atoms. The molecule has 1 N–H and O–H groups in total. The number of sulfonamides is 1. The van der Waals surface area contributed by atoms with E-state index in [1.807, 2.05) is 42.5 Å². The Balaban J connectivity index is 1.22. The molecule has 0 atom stereocenters. The maximum absolute atomic E-state index is 13.3. The fraction of sp³-hybridized carbons (Fsp3) is 0.360. The van der Waals surface area contributed by atoms with Crippen LogP contribution >= 0.6 is 0 Å². The lowest BCUT2D eigenvalue weighted by molar-refractivity contribution is 0.313. The molecular formula is C25H26N6O3S. The third kappa shape index (κ3) is 4.06. The smallest absolute Gasteiger partial charge is 0.281 e. The van der Waals surface area contributed by atoms with Crippen molar-refractivity contribution in [3.63, 3.8) is 0 Å². The van der Waals surface area contributed by atoms with Gasteiger partial charge < -0.3 is 4.98 Å². The van der Waals surface area contributed by atoms with Gasteiger partial charge in [-0.15, -0.1) is 5.10 Å². The van der Waals surface area contributed by atoms with Crippen molar-refractivity contribution in [2.75, 3.05) is 13.1 Å². The number of H-pyrrole nitrogens is 1. The molecule has 1 fully saturated rings. The summed E-state index contributed by atoms with van der Waals surface area (Å²) in [6.45, 7) is 1.23. The van der Waals surface area contributed by atoms with Gasteiger partial charge in [0.05, 0.1) is 11.4 Å². The van der Waals surface area contributed by atoms with Gasteiger partial charge >= 0.3 is 0 Å². The highest BCUT2D eigenvalue weighted by atomic mass is 32.2. The monoisotopic (exact) mass is 490 g/mol. The van der Waals surface area contributed by atoms with Crippen molar-refractivity contribution in [3.8, 4) is 0 Å². The van der Waals surface area contributed by atoms with Crippen LogP contribution in [0.2, 0.25) is 0 Å². The van der Waals surface area contributed by atoms with Crippen LogP contribution in [0.1, 0.15) is 47.7 Å². The Hall–Kier alpha value is -3.37. The maximum atomic E-state index is 13.3. The standard InChI is InChI=1S/C25H26N6O3S/c32-25-22-24(31(29-28-22)16-17-5-2-1-3-6-17)26-23(27-25)19-11-13-30(14-12-19)35(33,34)21-10-9-18-7-4-8-20(18)15-21/h1-3,5-6,9-10,15,19H,4,7-8,11-14,16H2,(H,26,27,32). The molecule has 4 aromatic rings. The Morgan fingerprint density at radius 1 is 1.00 bits per heavy atom. The summed E-state index contributed by atoms with van der Waals surface area (Å²) in [6, 6.07) is 15.4. The quantitative estimate of drug-likeness (QED) is 0.460. The number of aryl methyl sites for hydroxylation is 2. The first kappa shape index (κ1) is 22.1. The SMILES string of the molecule is O=c1[nH]c(C2CCN(S(=O)(=O)c3ccc4c(c3)CCC4)CC2)nc2c1nnn2Cc1ccccc1. The summed E-state index contributed by atoms with van der Waals surface area (Å²) in [4.78, 5) is 20.6. The van der Waals surface area contributed by atoms with Crippen LogP contribution < -0.4 is 5.56 Å². The molecule has 0 bridgehead atoms. The molecule has 2 aromatic heterocycles. The van der Waals surface area contributed by atoms with E-state index < -0.39 is 10.0 Å². The minimum atomic E-state index is -3.55. The zero-order chi connectivity index (χ0) is 24.0. The van der Waals surface area contributed by atoms with Gasteiger partial charge in [0.2, 0.25) is 10.0 Å². The van der Waals surface area contributed by atoms with Crippen LogP contribution in [0.3, 0.4) is 0 Å². The molecule has 180 valence electrons. The van der Waals surface area contributed by atoms with Crippen molar-refractivity contribution in [1.29, 1.82) is 0 Å². The van der Waals surface area contributed by atoms with Gasteiger partial charge in [-0.25, -0.2) is 18.1 Å². The Kier molecular flexibility index (Phi) is 5.49. The molecule has 1 saturated heterocycles. The Morgan fingerprint density at radius 2 is 1.77 bits per heavy atom. The molecule has 0 saturated carbocycles. The first-order valence-corrected chi connectivity index (χ1v) is 13.4. The third-order valence-electron chi connectivity index (χ3n) is 7.12. The van der Waals surface area contributed by atoms with Gasteiger partial charge in [0.1, 0.15) is 5.82 Å². The molecule has 6 rings (SSSR count). The molecule has 9 nitrogen and oxygen atoms in total. The average molecular weight is 491 g/mol. The van der Waals surface area contributed by atoms with Crippen LogP contribution in [0.4, 0.5) is 0 Å². The summed E-state index contributed by atoms with van der Waals surface area (Å²) in [5.41, 5.74) is 3.78. The van der Waals surface area contributed by atoms with Gasteiger partial charge in [-0.2, -0.15) is 4.31 Å². The lowest BCUT2D eigenvalue weighted by Gasteiger charge is -2.30. The van der Waals surface area contributed by atoms with E-state index in [1.54, 1.807) is 15.1 Å². The van der Waals surface area contributed by atoms with E-state index in [0.717, 1.165) is 30.4 Å². The number of nitrogens with one attached hydrogen (secondary N) is 1. The van der Waals surface area contributed by atoms with Crippen molar-refractivity contribution in [2.45, 2.75) is 49.5 Å². The van der Waals surface area contributed by atoms with Gasteiger partial charge in [0.15, 0.2) is 11.2 Å². The molecule has 0 radical (unpaired) electrons. The minimum Gasteiger partial charge on any atom is -0.308 e. The van der Waals surface area contributed by atoms with E-state index in [9.17, 15) is 13.2 Å². The van der Waals surface area contributed by atoms with Crippen LogP contribution in [0.5, 0.6) is 0 Å². The Bertz CT molecular complexity index is 1550. The highest BCUT2D eigenvalue weighted by Crippen LogP contribution is 2.31. The topological polar surface area (TPSA) is 114 Å². The number of hydrogen-bond donors (Lipinski definition) is 1. The predicted molar refractivity (Wildman–Crippen MR) is 131 cm³/mol. The van der Waals surface area contributed by atoms with E-state index in [1.165, 1.54) is 5.56 Å². The van der Waals surface area contributed by atoms with Gasteiger partial charge in [-0.05, 0) is 60.9 Å². The van der Waals surface area contributed by atoms with Gasteiger partial charge in [0, 0.05) is 19.0 Å². The molecule has 2 aromatic carbocycles. The Morgan fingerprint density at radius 3 is 2.57 bits per heavy atom. The zero-order valence-corrected chi connectivity index (χ0v) is 20.0. The largest absolute Gasteiger partial charge is 0.308 e. The average Bonchev–Trinajstić information content (AvgIpc) is 3.52. The summed E-state index contributed by atoms with van der Waals surface area (Å²) in [5.74, 6) is 0.521. The van der Waals surface area contributed by atoms with Gasteiger partial charge in [0.25, 0.3) is 5.56 Å². The highest BCUT2D eigenvalue weighted by Gasteiger charge is 2.32. The van der Waals surface area contributed by atoms with E-state index >= 15 is 0 Å². The van der Waals surface area contributed by atoms with E-state index in [2.05, 4.69) is 15.3 Å². The molecule has 2 aliphatic rings. The number of piperidine rings is 1. The van der Waals surface area contributed by atoms with Crippen molar-refractivity contribution in [3.05, 3.63) is 81.4 Å². The van der Waals surface area contributed by atoms with Crippen LogP contribution in [0, 0.1) is 0 Å². The first-order valence-electron chi connectivity index (χ1n) is 12.0. The van der Waals surface area contributed by atoms with Crippen molar-refractivity contribution in [1.82, 2.24) is 29.3 Å². The molecule has 0 unspecified atom stereocenters. The lowest BCUT2D eigenvalue weighted by Crippen LogP contribution is -2.38. The molecule has 0 spiro atoms. The maximum Gasteiger partial charge on any atom is 0.281 e. The summed E-state index contributed by atoms with van der Waals surface area (Å²) in [5, 5.41) is 8.16. The fourth-order valence-corrected chi connectivity index (χ4v) is 6.69. The number of aromatic nitrogens is 5. The van der Waals surface area contributed by atoms with E-state index in [4.69, 9.17) is 4.98 Å². The highest BCUT2D eigenvalue weighted by molar-refractivity contribution is 7.89. The van der Waals surface area contributed by atoms with Crippen LogP contribution in [-0.2, 0) is 29.4 Å². The number of fused-ring (bicyclic) bond motifs is 2. The molecule has 1 aliphatic carbocycles. The zero-order valence-electron chi connectivity index (χ0n) is 19.2. The second-order valence-electron chi connectivity index (χ2n) is 9.32. The van der Waals surface area contributed by atoms with Crippen LogP contribution in [-0.4, -0.2) is 50.8 Å². The van der Waals surface area contributed by atoms with Crippen molar-refractivity contribution >= 4 is 21.2 Å². The summed E-state index contributed by atoms with van der Waals surface area (Å²) < 4.78 is 29.7. The number of hydrogen-bond acceptors (Lipinski definition) is 6. The molecule has 10 heteroatoms. The van der Waals surface area contributed by atoms with Gasteiger partial charge in [-0.1, -0.05) is 41.6 Å². The first-order chi connectivity index (χ1) is 17.0. The summed E-state index contributed by atoms with van der Waals surface area (Å²) in [7, 11) is -3.55. The number of aromatic amines is 1. The number of rotatable bonds is 5. The van der Waals surface area contributed by atoms with E-state index in [0.29, 0.717) is 48.8 Å². The normalized spacial score (nSPS) is 17.1. The summed E-state index contributed by atoms with van der Waals surface area (Å²) >= 11 is 0. The Labute approximate surface area is 202 Å². The molecule has 1 aliphatic heterocycles. The number of nitrogens with zero attached hydrogens (tertiary/aromatic N) is 5. The number of benzene rings is 2. The van der Waals surface area contributed by atoms with Crippen molar-refractivity contribution in [2.24, 2.45) is 0 Å². The second kappa shape index (κ2) is 8.69. The van der Waals surface area contributed by atoms with Crippen LogP contribution in [0.15, 0.2) is 58.2 Å². The predicted octanol–water partition coefficient (Wildman–Crippen LogP) is 2.62. The second-order valence-corrected chi connectivity index (χ2v) is 11.3. The molecule has 0 amide bonds. The summed E-state index contributed by atoms with van der Waals surface area (Å²) in [6.07, 6.45) is 4.21. The lowest BCUT2D eigenvalue weighted by atomic mass is 9.97. The molecule has 3 heterocycles. The van der Waals surface area contributed by atoms with Crippen molar-refractivity contribution < 1.29 is 8.42 Å². The minimum absolute atomic E-state index is 0.0429. The van der Waals surface area contributed by atoms with E-state index in [-0.39, 0.29) is 17.0 Å². The fourth-order valence-electron chi connectivity index (χ4n) is 5.17. The third-order valence-corrected chi connectivity index (χ3v) is 9.01.